The average molecular weight is 207 g/mol. The molecule has 0 amide bonds. The summed E-state index contributed by atoms with van der Waals surface area (Å²) in [5.74, 6) is -0.567. The van der Waals surface area contributed by atoms with Crippen LogP contribution in [0.25, 0.3) is 0 Å². The highest BCUT2D eigenvalue weighted by atomic mass is 16.5. The second-order valence-electron chi connectivity index (χ2n) is 3.11. The monoisotopic (exact) mass is 207 g/mol. The number of rotatable bonds is 3. The predicted octanol–water partition coefficient (Wildman–Crippen LogP) is 0.926. The molecule has 0 fully saturated rings. The second-order valence-corrected chi connectivity index (χ2v) is 3.11. The molecule has 0 spiro atoms. The maximum atomic E-state index is 10.8. The molecule has 78 valence electrons. The van der Waals surface area contributed by atoms with Crippen molar-refractivity contribution in [3.63, 3.8) is 0 Å². The Morgan fingerprint density at radius 1 is 1.67 bits per heavy atom. The molecule has 2 heterocycles. The summed E-state index contributed by atoms with van der Waals surface area (Å²) in [5, 5.41) is 12.3. The minimum absolute atomic E-state index is 0.0406. The van der Waals surface area contributed by atoms with Crippen molar-refractivity contribution in [2.75, 3.05) is 0 Å². The number of carboxylic acids is 1. The quantitative estimate of drug-likeness (QED) is 0.809. The molecule has 2 aromatic heterocycles. The van der Waals surface area contributed by atoms with Gasteiger partial charge in [-0.1, -0.05) is 5.16 Å². The van der Waals surface area contributed by atoms with E-state index in [2.05, 4.69) is 10.1 Å². The molecule has 2 rings (SSSR count). The fraction of sp³-hybridized carbons (Fsp3) is 0.222. The van der Waals surface area contributed by atoms with E-state index in [1.165, 1.54) is 0 Å². The molecule has 15 heavy (non-hydrogen) atoms. The van der Waals surface area contributed by atoms with Crippen LogP contribution in [0, 0.1) is 6.92 Å². The smallest absolute Gasteiger partial charge is 0.358 e. The molecule has 0 aromatic carbocycles. The van der Waals surface area contributed by atoms with Crippen LogP contribution in [0.1, 0.15) is 21.8 Å². The molecule has 0 bridgehead atoms. The molecule has 0 aliphatic carbocycles. The first-order chi connectivity index (χ1) is 7.18. The van der Waals surface area contributed by atoms with Crippen LogP contribution in [0.4, 0.5) is 0 Å². The van der Waals surface area contributed by atoms with Gasteiger partial charge in [-0.25, -0.2) is 9.78 Å². The molecule has 2 aromatic rings. The highest BCUT2D eigenvalue weighted by Crippen LogP contribution is 2.14. The Kier molecular flexibility index (Phi) is 2.24. The number of hydrogen-bond donors (Lipinski definition) is 1. The Balaban J connectivity index is 2.35. The van der Waals surface area contributed by atoms with Crippen LogP contribution in [-0.4, -0.2) is 25.8 Å². The topological polar surface area (TPSA) is 81.1 Å². The zero-order valence-corrected chi connectivity index (χ0v) is 8.04. The van der Waals surface area contributed by atoms with Crippen molar-refractivity contribution < 1.29 is 14.4 Å². The summed E-state index contributed by atoms with van der Waals surface area (Å²) in [4.78, 5) is 14.7. The molecule has 0 radical (unpaired) electrons. The van der Waals surface area contributed by atoms with E-state index in [0.717, 1.165) is 0 Å². The number of nitrogens with zero attached hydrogens (tertiary/aromatic N) is 3. The summed E-state index contributed by atoms with van der Waals surface area (Å²) in [5.41, 5.74) is 0.529. The Morgan fingerprint density at radius 2 is 2.47 bits per heavy atom. The van der Waals surface area contributed by atoms with Gasteiger partial charge in [0, 0.05) is 18.0 Å². The van der Waals surface area contributed by atoms with Crippen LogP contribution in [0.5, 0.6) is 0 Å². The molecular formula is C9H9N3O3. The molecule has 0 aliphatic heterocycles. The van der Waals surface area contributed by atoms with Crippen LogP contribution < -0.4 is 0 Å². The maximum Gasteiger partial charge on any atom is 0.358 e. The van der Waals surface area contributed by atoms with E-state index >= 15 is 0 Å². The highest BCUT2D eigenvalue weighted by molar-refractivity contribution is 5.87. The number of aromatic nitrogens is 3. The van der Waals surface area contributed by atoms with Crippen LogP contribution in [0.3, 0.4) is 0 Å². The zero-order chi connectivity index (χ0) is 10.8. The number of aryl methyl sites for hydroxylation is 1. The number of aromatic carboxylic acids is 1. The summed E-state index contributed by atoms with van der Waals surface area (Å²) >= 11 is 0. The van der Waals surface area contributed by atoms with Gasteiger partial charge in [-0.3, -0.25) is 0 Å². The molecule has 0 atom stereocenters. The first-order valence-electron chi connectivity index (χ1n) is 4.32. The number of carboxylic acid groups (broad SMARTS) is 1. The molecule has 6 heteroatoms. The van der Waals surface area contributed by atoms with Gasteiger partial charge in [-0.2, -0.15) is 0 Å². The van der Waals surface area contributed by atoms with Gasteiger partial charge in [-0.15, -0.1) is 0 Å². The third-order valence-corrected chi connectivity index (χ3v) is 2.09. The predicted molar refractivity (Wildman–Crippen MR) is 49.5 cm³/mol. The lowest BCUT2D eigenvalue weighted by Gasteiger charge is -2.00. The summed E-state index contributed by atoms with van der Waals surface area (Å²) in [6.45, 7) is 2.09. The highest BCUT2D eigenvalue weighted by Gasteiger charge is 2.18. The minimum atomic E-state index is -1.08. The van der Waals surface area contributed by atoms with Crippen molar-refractivity contribution in [1.82, 2.24) is 14.7 Å². The Bertz CT molecular complexity index is 473. The third-order valence-electron chi connectivity index (χ3n) is 2.09. The van der Waals surface area contributed by atoms with Crippen LogP contribution >= 0.6 is 0 Å². The van der Waals surface area contributed by atoms with Gasteiger partial charge in [0.1, 0.15) is 5.76 Å². The molecular weight excluding hydrogens is 198 g/mol. The largest absolute Gasteiger partial charge is 0.476 e. The molecule has 0 aliphatic rings. The fourth-order valence-corrected chi connectivity index (χ4v) is 1.31. The Morgan fingerprint density at radius 3 is 3.07 bits per heavy atom. The van der Waals surface area contributed by atoms with Crippen LogP contribution in [0.2, 0.25) is 0 Å². The third kappa shape index (κ3) is 1.74. The van der Waals surface area contributed by atoms with Gasteiger partial charge in [0.15, 0.2) is 5.69 Å². The van der Waals surface area contributed by atoms with Crippen molar-refractivity contribution >= 4 is 5.97 Å². The van der Waals surface area contributed by atoms with E-state index in [1.807, 2.05) is 0 Å². The van der Waals surface area contributed by atoms with E-state index in [1.54, 1.807) is 30.2 Å². The van der Waals surface area contributed by atoms with Gasteiger partial charge < -0.3 is 14.2 Å². The van der Waals surface area contributed by atoms with Crippen LogP contribution in [-0.2, 0) is 6.54 Å². The Hall–Kier alpha value is -2.11. The molecule has 1 N–H and O–H groups in total. The fourth-order valence-electron chi connectivity index (χ4n) is 1.31. The summed E-state index contributed by atoms with van der Waals surface area (Å²) in [7, 11) is 0. The zero-order valence-electron chi connectivity index (χ0n) is 8.04. The van der Waals surface area contributed by atoms with Crippen molar-refractivity contribution in [2.45, 2.75) is 13.5 Å². The first kappa shape index (κ1) is 9.45. The lowest BCUT2D eigenvalue weighted by Crippen LogP contribution is -2.05. The molecule has 0 unspecified atom stereocenters. The number of imidazole rings is 1. The van der Waals surface area contributed by atoms with Crippen molar-refractivity contribution in [3.8, 4) is 0 Å². The van der Waals surface area contributed by atoms with Gasteiger partial charge >= 0.3 is 5.97 Å². The van der Waals surface area contributed by atoms with Gasteiger partial charge in [0.05, 0.1) is 12.9 Å². The van der Waals surface area contributed by atoms with Gasteiger partial charge in [0.2, 0.25) is 0 Å². The normalized spacial score (nSPS) is 10.5. The van der Waals surface area contributed by atoms with E-state index in [0.29, 0.717) is 17.9 Å². The number of carbonyl (C=O) groups is 1. The average Bonchev–Trinajstić information content (AvgIpc) is 2.78. The van der Waals surface area contributed by atoms with E-state index in [-0.39, 0.29) is 5.69 Å². The standard InChI is InChI=1S/C9H9N3O3/c1-6-7(4-12-3-2-10-5-12)8(9(13)14)11-15-6/h2-3,5H,4H2,1H3,(H,13,14). The lowest BCUT2D eigenvalue weighted by atomic mass is 10.2. The van der Waals surface area contributed by atoms with Gasteiger partial charge in [-0.05, 0) is 6.92 Å². The SMILES string of the molecule is Cc1onc(C(=O)O)c1Cn1ccnc1. The van der Waals surface area contributed by atoms with Crippen LogP contribution in [0.15, 0.2) is 23.2 Å². The van der Waals surface area contributed by atoms with Crippen molar-refractivity contribution in [2.24, 2.45) is 0 Å². The molecule has 0 saturated heterocycles. The molecule has 0 saturated carbocycles. The summed E-state index contributed by atoms with van der Waals surface area (Å²) in [6, 6.07) is 0. The van der Waals surface area contributed by atoms with Gasteiger partial charge in [0.25, 0.3) is 0 Å². The van der Waals surface area contributed by atoms with Crippen molar-refractivity contribution in [3.05, 3.63) is 35.7 Å². The van der Waals surface area contributed by atoms with E-state index < -0.39 is 5.97 Å². The second kappa shape index (κ2) is 3.56. The lowest BCUT2D eigenvalue weighted by molar-refractivity contribution is 0.0684. The Labute approximate surface area is 85.1 Å². The maximum absolute atomic E-state index is 10.8. The molecule has 6 nitrogen and oxygen atoms in total. The van der Waals surface area contributed by atoms with E-state index in [4.69, 9.17) is 9.63 Å². The summed E-state index contributed by atoms with van der Waals surface area (Å²) in [6.07, 6.45) is 4.99. The van der Waals surface area contributed by atoms with E-state index in [9.17, 15) is 4.79 Å². The first-order valence-corrected chi connectivity index (χ1v) is 4.32. The summed E-state index contributed by atoms with van der Waals surface area (Å²) < 4.78 is 6.60. The number of hydrogen-bond acceptors (Lipinski definition) is 4. The minimum Gasteiger partial charge on any atom is -0.476 e. The van der Waals surface area contributed by atoms with Crippen molar-refractivity contribution in [1.29, 1.82) is 0 Å².